The Bertz CT molecular complexity index is 591. The van der Waals surface area contributed by atoms with Gasteiger partial charge in [-0.1, -0.05) is 11.6 Å². The van der Waals surface area contributed by atoms with Crippen molar-refractivity contribution < 1.29 is 4.74 Å². The van der Waals surface area contributed by atoms with Gasteiger partial charge in [0.15, 0.2) is 0 Å². The van der Waals surface area contributed by atoms with E-state index in [0.29, 0.717) is 0 Å². The topological polar surface area (TPSA) is 9.23 Å². The predicted molar refractivity (Wildman–Crippen MR) is 77.4 cm³/mol. The lowest BCUT2D eigenvalue weighted by molar-refractivity contribution is 0.354. The number of thiophene rings is 1. The molecule has 94 valence electrons. The molecular weight excluding hydrogens is 287 g/mol. The Hall–Kier alpha value is -0.700. The Balaban J connectivity index is 2.10. The van der Waals surface area contributed by atoms with Crippen molar-refractivity contribution in [2.45, 2.75) is 18.7 Å². The van der Waals surface area contributed by atoms with Crippen LogP contribution < -0.4 is 4.74 Å². The molecule has 1 aromatic carbocycles. The van der Waals surface area contributed by atoms with Crippen LogP contribution in [0.1, 0.15) is 26.9 Å². The van der Waals surface area contributed by atoms with Crippen LogP contribution in [0.2, 0.25) is 5.02 Å². The Morgan fingerprint density at radius 3 is 2.94 bits per heavy atom. The van der Waals surface area contributed by atoms with E-state index in [4.69, 9.17) is 27.9 Å². The molecule has 0 saturated heterocycles. The van der Waals surface area contributed by atoms with Crippen LogP contribution in [0.4, 0.5) is 0 Å². The second kappa shape index (κ2) is 4.76. The lowest BCUT2D eigenvalue weighted by Crippen LogP contribution is -1.97. The first-order valence-electron chi connectivity index (χ1n) is 5.80. The van der Waals surface area contributed by atoms with E-state index in [1.165, 1.54) is 5.56 Å². The Kier molecular flexibility index (Phi) is 3.27. The van der Waals surface area contributed by atoms with Gasteiger partial charge in [0.1, 0.15) is 5.75 Å². The van der Waals surface area contributed by atoms with Crippen molar-refractivity contribution in [1.29, 1.82) is 0 Å². The SMILES string of the molecule is Cc1ccsc1C(Cl)c1cc(Cl)cc2c1OCC2. The number of benzene rings is 1. The molecule has 0 N–H and O–H groups in total. The van der Waals surface area contributed by atoms with Crippen LogP contribution in [0.15, 0.2) is 23.6 Å². The Labute approximate surface area is 120 Å². The van der Waals surface area contributed by atoms with Crippen molar-refractivity contribution in [3.63, 3.8) is 0 Å². The Morgan fingerprint density at radius 2 is 2.22 bits per heavy atom. The van der Waals surface area contributed by atoms with E-state index in [1.807, 2.05) is 12.1 Å². The van der Waals surface area contributed by atoms with Gasteiger partial charge < -0.3 is 4.74 Å². The molecule has 2 heterocycles. The molecule has 0 saturated carbocycles. The fourth-order valence-corrected chi connectivity index (χ4v) is 3.93. The molecule has 1 aromatic heterocycles. The zero-order valence-corrected chi connectivity index (χ0v) is 12.2. The fourth-order valence-electron chi connectivity index (χ4n) is 2.27. The summed E-state index contributed by atoms with van der Waals surface area (Å²) in [6.45, 7) is 2.79. The summed E-state index contributed by atoms with van der Waals surface area (Å²) < 4.78 is 5.71. The number of hydrogen-bond acceptors (Lipinski definition) is 2. The maximum atomic E-state index is 6.61. The summed E-state index contributed by atoms with van der Waals surface area (Å²) in [4.78, 5) is 1.16. The highest BCUT2D eigenvalue weighted by atomic mass is 35.5. The van der Waals surface area contributed by atoms with Gasteiger partial charge in [-0.05, 0) is 41.6 Å². The quantitative estimate of drug-likeness (QED) is 0.711. The third-order valence-corrected chi connectivity index (χ3v) is 5.07. The summed E-state index contributed by atoms with van der Waals surface area (Å²) in [6, 6.07) is 5.97. The van der Waals surface area contributed by atoms with E-state index in [1.54, 1.807) is 11.3 Å². The second-order valence-corrected chi connectivity index (χ2v) is 6.23. The van der Waals surface area contributed by atoms with Crippen molar-refractivity contribution in [1.82, 2.24) is 0 Å². The number of halogens is 2. The number of hydrogen-bond donors (Lipinski definition) is 0. The van der Waals surface area contributed by atoms with Crippen molar-refractivity contribution in [2.24, 2.45) is 0 Å². The number of alkyl halides is 1. The van der Waals surface area contributed by atoms with Gasteiger partial charge in [0.25, 0.3) is 0 Å². The van der Waals surface area contributed by atoms with Gasteiger partial charge in [-0.3, -0.25) is 0 Å². The molecule has 1 unspecified atom stereocenters. The smallest absolute Gasteiger partial charge is 0.127 e. The van der Waals surface area contributed by atoms with Crippen LogP contribution in [0.25, 0.3) is 0 Å². The molecule has 4 heteroatoms. The third kappa shape index (κ3) is 2.03. The third-order valence-electron chi connectivity index (χ3n) is 3.18. The van der Waals surface area contributed by atoms with Gasteiger partial charge in [0.05, 0.1) is 12.0 Å². The van der Waals surface area contributed by atoms with E-state index in [2.05, 4.69) is 18.4 Å². The zero-order chi connectivity index (χ0) is 12.7. The predicted octanol–water partition coefficient (Wildman–Crippen LogP) is 4.97. The van der Waals surface area contributed by atoms with Crippen LogP contribution in [-0.2, 0) is 6.42 Å². The standard InChI is InChI=1S/C14H12Cl2OS/c1-8-3-5-18-14(8)12(16)11-7-10(15)6-9-2-4-17-13(9)11/h3,5-7,12H,2,4H2,1H3. The summed E-state index contributed by atoms with van der Waals surface area (Å²) >= 11 is 14.4. The van der Waals surface area contributed by atoms with Gasteiger partial charge in [0.2, 0.25) is 0 Å². The van der Waals surface area contributed by atoms with E-state index in [-0.39, 0.29) is 5.38 Å². The molecule has 0 spiro atoms. The molecule has 1 atom stereocenters. The van der Waals surface area contributed by atoms with Gasteiger partial charge >= 0.3 is 0 Å². The average Bonchev–Trinajstić information content (AvgIpc) is 2.95. The first-order chi connectivity index (χ1) is 8.66. The summed E-state index contributed by atoms with van der Waals surface area (Å²) in [5, 5.41) is 2.61. The zero-order valence-electron chi connectivity index (χ0n) is 9.87. The number of ether oxygens (including phenoxy) is 1. The Morgan fingerprint density at radius 1 is 1.39 bits per heavy atom. The van der Waals surface area contributed by atoms with Crippen LogP contribution in [0.3, 0.4) is 0 Å². The molecule has 18 heavy (non-hydrogen) atoms. The number of rotatable bonds is 2. The minimum Gasteiger partial charge on any atom is -0.493 e. The molecule has 0 radical (unpaired) electrons. The van der Waals surface area contributed by atoms with E-state index in [9.17, 15) is 0 Å². The largest absolute Gasteiger partial charge is 0.493 e. The lowest BCUT2D eigenvalue weighted by atomic mass is 10.0. The number of fused-ring (bicyclic) bond motifs is 1. The molecule has 0 amide bonds. The molecular formula is C14H12Cl2OS. The summed E-state index contributed by atoms with van der Waals surface area (Å²) in [7, 11) is 0. The molecule has 0 fully saturated rings. The highest BCUT2D eigenvalue weighted by Crippen LogP contribution is 2.43. The maximum absolute atomic E-state index is 6.61. The minimum absolute atomic E-state index is 0.185. The van der Waals surface area contributed by atoms with Gasteiger partial charge in [-0.2, -0.15) is 0 Å². The van der Waals surface area contributed by atoms with Gasteiger partial charge in [-0.15, -0.1) is 22.9 Å². The highest BCUT2D eigenvalue weighted by molar-refractivity contribution is 7.10. The summed E-state index contributed by atoms with van der Waals surface area (Å²) in [6.07, 6.45) is 0.913. The van der Waals surface area contributed by atoms with Gasteiger partial charge in [0, 0.05) is 21.9 Å². The van der Waals surface area contributed by atoms with Crippen molar-refractivity contribution in [2.75, 3.05) is 6.61 Å². The molecule has 2 aromatic rings. The van der Waals surface area contributed by atoms with E-state index >= 15 is 0 Å². The fraction of sp³-hybridized carbons (Fsp3) is 0.286. The molecule has 3 rings (SSSR count). The maximum Gasteiger partial charge on any atom is 0.127 e. The van der Waals surface area contributed by atoms with Crippen molar-refractivity contribution >= 4 is 34.5 Å². The highest BCUT2D eigenvalue weighted by Gasteiger charge is 2.24. The monoisotopic (exact) mass is 298 g/mol. The van der Waals surface area contributed by atoms with Crippen LogP contribution in [0, 0.1) is 6.92 Å². The van der Waals surface area contributed by atoms with Crippen LogP contribution in [-0.4, -0.2) is 6.61 Å². The normalized spacial score (nSPS) is 15.3. The van der Waals surface area contributed by atoms with Crippen LogP contribution in [0.5, 0.6) is 5.75 Å². The molecule has 0 aliphatic carbocycles. The molecule has 1 aliphatic rings. The molecule has 1 nitrogen and oxygen atoms in total. The number of aryl methyl sites for hydroxylation is 1. The van der Waals surface area contributed by atoms with Crippen molar-refractivity contribution in [3.05, 3.63) is 50.2 Å². The van der Waals surface area contributed by atoms with E-state index in [0.717, 1.165) is 39.8 Å². The lowest BCUT2D eigenvalue weighted by Gasteiger charge is -2.14. The first kappa shape index (κ1) is 12.3. The average molecular weight is 299 g/mol. The van der Waals surface area contributed by atoms with Crippen LogP contribution >= 0.6 is 34.5 Å². The first-order valence-corrected chi connectivity index (χ1v) is 7.49. The second-order valence-electron chi connectivity index (χ2n) is 4.41. The summed E-state index contributed by atoms with van der Waals surface area (Å²) in [5.41, 5.74) is 3.37. The minimum atomic E-state index is -0.185. The molecule has 0 bridgehead atoms. The summed E-state index contributed by atoms with van der Waals surface area (Å²) in [5.74, 6) is 0.923. The van der Waals surface area contributed by atoms with Crippen molar-refractivity contribution in [3.8, 4) is 5.75 Å². The van der Waals surface area contributed by atoms with E-state index < -0.39 is 0 Å². The molecule has 1 aliphatic heterocycles. The van der Waals surface area contributed by atoms with Gasteiger partial charge in [-0.25, -0.2) is 0 Å².